The minimum atomic E-state index is 0.671. The van der Waals surface area contributed by atoms with Crippen molar-refractivity contribution in [3.05, 3.63) is 71.4 Å². The molecule has 1 aliphatic heterocycles. The van der Waals surface area contributed by atoms with E-state index < -0.39 is 0 Å². The number of hydrogen-bond acceptors (Lipinski definition) is 5. The van der Waals surface area contributed by atoms with Gasteiger partial charge in [0.15, 0.2) is 5.82 Å². The van der Waals surface area contributed by atoms with E-state index in [0.717, 1.165) is 31.6 Å². The number of rotatable bonds is 4. The number of nitrogens with one attached hydrogen (secondary N) is 1. The van der Waals surface area contributed by atoms with Gasteiger partial charge < -0.3 is 10.2 Å². The first kappa shape index (κ1) is 15.6. The second-order valence-electron chi connectivity index (χ2n) is 6.26. The predicted octanol–water partition coefficient (Wildman–Crippen LogP) is 3.74. The lowest BCUT2D eigenvalue weighted by atomic mass is 10.0. The Morgan fingerprint density at radius 2 is 1.84 bits per heavy atom. The molecule has 1 aliphatic rings. The van der Waals surface area contributed by atoms with Gasteiger partial charge in [-0.1, -0.05) is 43.3 Å². The Balaban J connectivity index is 1.51. The van der Waals surface area contributed by atoms with E-state index in [9.17, 15) is 0 Å². The van der Waals surface area contributed by atoms with Gasteiger partial charge in [-0.25, -0.2) is 0 Å². The maximum absolute atomic E-state index is 4.65. The van der Waals surface area contributed by atoms with Crippen molar-refractivity contribution in [2.75, 3.05) is 16.8 Å². The third kappa shape index (κ3) is 3.45. The molecule has 0 radical (unpaired) electrons. The maximum Gasteiger partial charge on any atom is 0.247 e. The summed E-state index contributed by atoms with van der Waals surface area (Å²) in [6, 6.07) is 16.9. The van der Waals surface area contributed by atoms with Gasteiger partial charge in [-0.2, -0.15) is 10.1 Å². The van der Waals surface area contributed by atoms with Gasteiger partial charge in [0.2, 0.25) is 5.95 Å². The molecule has 0 saturated carbocycles. The van der Waals surface area contributed by atoms with Crippen molar-refractivity contribution in [1.29, 1.82) is 0 Å². The van der Waals surface area contributed by atoms with Crippen LogP contribution in [-0.4, -0.2) is 21.7 Å². The van der Waals surface area contributed by atoms with Gasteiger partial charge in [-0.3, -0.25) is 0 Å². The third-order valence-corrected chi connectivity index (χ3v) is 4.60. The number of anilines is 3. The van der Waals surface area contributed by atoms with Crippen LogP contribution >= 0.6 is 0 Å². The number of aromatic nitrogens is 3. The molecule has 0 saturated heterocycles. The average molecular weight is 331 g/mol. The highest BCUT2D eigenvalue weighted by Crippen LogP contribution is 2.23. The van der Waals surface area contributed by atoms with Crippen LogP contribution in [0.1, 0.15) is 23.6 Å². The molecule has 0 atom stereocenters. The van der Waals surface area contributed by atoms with Crippen LogP contribution in [0.3, 0.4) is 0 Å². The smallest absolute Gasteiger partial charge is 0.247 e. The molecule has 4 rings (SSSR count). The van der Waals surface area contributed by atoms with E-state index in [1.54, 1.807) is 6.20 Å². The highest BCUT2D eigenvalue weighted by molar-refractivity contribution is 5.56. The van der Waals surface area contributed by atoms with E-state index in [2.05, 4.69) is 80.9 Å². The molecular formula is C20H21N5. The number of fused-ring (bicyclic) bond motifs is 1. The Hall–Kier alpha value is -2.95. The fraction of sp³-hybridized carbons (Fsp3) is 0.250. The highest BCUT2D eigenvalue weighted by Gasteiger charge is 2.18. The average Bonchev–Trinajstić information content (AvgIpc) is 2.68. The molecule has 3 aromatic rings. The van der Waals surface area contributed by atoms with Crippen LogP contribution < -0.4 is 10.2 Å². The second kappa shape index (κ2) is 6.89. The topological polar surface area (TPSA) is 53.9 Å². The molecule has 0 amide bonds. The molecule has 0 aliphatic carbocycles. The van der Waals surface area contributed by atoms with Gasteiger partial charge in [0.05, 0.1) is 6.20 Å². The van der Waals surface area contributed by atoms with Crippen molar-refractivity contribution in [3.63, 3.8) is 0 Å². The molecule has 25 heavy (non-hydrogen) atoms. The third-order valence-electron chi connectivity index (χ3n) is 4.60. The molecule has 126 valence electrons. The molecule has 0 bridgehead atoms. The van der Waals surface area contributed by atoms with Crippen molar-refractivity contribution >= 4 is 17.5 Å². The number of nitrogens with zero attached hydrogens (tertiary/aromatic N) is 4. The van der Waals surface area contributed by atoms with Crippen molar-refractivity contribution in [2.24, 2.45) is 0 Å². The molecule has 2 aromatic carbocycles. The molecule has 0 unspecified atom stereocenters. The summed E-state index contributed by atoms with van der Waals surface area (Å²) < 4.78 is 0. The summed E-state index contributed by atoms with van der Waals surface area (Å²) in [7, 11) is 0. The molecule has 5 heteroatoms. The van der Waals surface area contributed by atoms with Gasteiger partial charge >= 0.3 is 0 Å². The van der Waals surface area contributed by atoms with Crippen LogP contribution in [-0.2, 0) is 19.4 Å². The van der Waals surface area contributed by atoms with Gasteiger partial charge in [0, 0.05) is 18.8 Å². The fourth-order valence-electron chi connectivity index (χ4n) is 3.13. The lowest BCUT2D eigenvalue weighted by Gasteiger charge is -2.28. The van der Waals surface area contributed by atoms with E-state index in [1.807, 2.05) is 0 Å². The zero-order valence-electron chi connectivity index (χ0n) is 14.3. The molecule has 1 aromatic heterocycles. The summed E-state index contributed by atoms with van der Waals surface area (Å²) in [6.07, 6.45) is 3.71. The SMILES string of the molecule is CCc1ccc(Nc2cnnc(N3CCc4ccccc4C3)n2)cc1. The summed E-state index contributed by atoms with van der Waals surface area (Å²) in [4.78, 5) is 6.83. The van der Waals surface area contributed by atoms with Gasteiger partial charge in [0.25, 0.3) is 0 Å². The molecule has 0 fully saturated rings. The Morgan fingerprint density at radius 3 is 2.64 bits per heavy atom. The van der Waals surface area contributed by atoms with Crippen molar-refractivity contribution in [2.45, 2.75) is 26.3 Å². The monoisotopic (exact) mass is 331 g/mol. The predicted molar refractivity (Wildman–Crippen MR) is 100 cm³/mol. The highest BCUT2D eigenvalue weighted by atomic mass is 15.3. The number of aryl methyl sites for hydroxylation is 1. The van der Waals surface area contributed by atoms with Gasteiger partial charge in [0.1, 0.15) is 0 Å². The molecule has 0 spiro atoms. The number of hydrogen-bond donors (Lipinski definition) is 1. The minimum Gasteiger partial charge on any atom is -0.339 e. The fourth-order valence-corrected chi connectivity index (χ4v) is 3.13. The first-order valence-electron chi connectivity index (χ1n) is 8.69. The Labute approximate surface area is 147 Å². The first-order chi connectivity index (χ1) is 12.3. The Kier molecular flexibility index (Phi) is 4.29. The Morgan fingerprint density at radius 1 is 1.04 bits per heavy atom. The lowest BCUT2D eigenvalue weighted by Crippen LogP contribution is -2.32. The van der Waals surface area contributed by atoms with Crippen LogP contribution in [0.15, 0.2) is 54.7 Å². The van der Waals surface area contributed by atoms with E-state index >= 15 is 0 Å². The van der Waals surface area contributed by atoms with Crippen LogP contribution in [0.5, 0.6) is 0 Å². The van der Waals surface area contributed by atoms with Crippen molar-refractivity contribution < 1.29 is 0 Å². The van der Waals surface area contributed by atoms with E-state index in [-0.39, 0.29) is 0 Å². The summed E-state index contributed by atoms with van der Waals surface area (Å²) in [5.41, 5.74) is 5.08. The molecule has 5 nitrogen and oxygen atoms in total. The normalized spacial score (nSPS) is 13.4. The van der Waals surface area contributed by atoms with E-state index in [4.69, 9.17) is 0 Å². The van der Waals surface area contributed by atoms with E-state index in [0.29, 0.717) is 11.8 Å². The summed E-state index contributed by atoms with van der Waals surface area (Å²) in [6.45, 7) is 3.89. The largest absolute Gasteiger partial charge is 0.339 e. The quantitative estimate of drug-likeness (QED) is 0.789. The zero-order chi connectivity index (χ0) is 17.1. The van der Waals surface area contributed by atoms with Crippen LogP contribution in [0, 0.1) is 0 Å². The minimum absolute atomic E-state index is 0.671. The second-order valence-corrected chi connectivity index (χ2v) is 6.26. The lowest BCUT2D eigenvalue weighted by molar-refractivity contribution is 0.698. The first-order valence-corrected chi connectivity index (χ1v) is 8.69. The van der Waals surface area contributed by atoms with Crippen molar-refractivity contribution in [1.82, 2.24) is 15.2 Å². The van der Waals surface area contributed by atoms with Crippen molar-refractivity contribution in [3.8, 4) is 0 Å². The molecule has 2 heterocycles. The van der Waals surface area contributed by atoms with E-state index in [1.165, 1.54) is 16.7 Å². The summed E-state index contributed by atoms with van der Waals surface area (Å²) >= 11 is 0. The van der Waals surface area contributed by atoms with Crippen LogP contribution in [0.25, 0.3) is 0 Å². The standard InChI is InChI=1S/C20H21N5/c1-2-15-7-9-18(10-8-15)22-19-13-21-24-20(23-19)25-12-11-16-5-3-4-6-17(16)14-25/h3-10,13H,2,11-12,14H2,1H3,(H,22,23,24). The Bertz CT molecular complexity index is 860. The number of benzene rings is 2. The summed E-state index contributed by atoms with van der Waals surface area (Å²) in [5, 5.41) is 11.7. The van der Waals surface area contributed by atoms with Gasteiger partial charge in [-0.15, -0.1) is 5.10 Å². The van der Waals surface area contributed by atoms with Gasteiger partial charge in [-0.05, 0) is 41.7 Å². The zero-order valence-corrected chi connectivity index (χ0v) is 14.3. The maximum atomic E-state index is 4.65. The molecule has 1 N–H and O–H groups in total. The van der Waals surface area contributed by atoms with Crippen LogP contribution in [0.2, 0.25) is 0 Å². The van der Waals surface area contributed by atoms with Crippen LogP contribution in [0.4, 0.5) is 17.5 Å². The summed E-state index contributed by atoms with van der Waals surface area (Å²) in [5.74, 6) is 1.39. The molecular weight excluding hydrogens is 310 g/mol.